The predicted octanol–water partition coefficient (Wildman–Crippen LogP) is 1.75. The first kappa shape index (κ1) is 18.4. The normalized spacial score (nSPS) is 10.3. The number of amides is 2. The van der Waals surface area contributed by atoms with Crippen molar-refractivity contribution in [3.8, 4) is 5.75 Å². The highest BCUT2D eigenvalue weighted by Crippen LogP contribution is 2.16. The molecule has 0 atom stereocenters. The minimum atomic E-state index is -0.354. The summed E-state index contributed by atoms with van der Waals surface area (Å²) in [5.41, 5.74) is 7.36. The monoisotopic (exact) mass is 324 g/mol. The van der Waals surface area contributed by atoms with Crippen LogP contribution in [0.2, 0.25) is 0 Å². The van der Waals surface area contributed by atoms with Gasteiger partial charge in [0, 0.05) is 19.2 Å². The Morgan fingerprint density at radius 2 is 1.86 bits per heavy atom. The Morgan fingerprint density at radius 1 is 1.23 bits per heavy atom. The summed E-state index contributed by atoms with van der Waals surface area (Å²) in [5, 5.41) is 0. The topological polar surface area (TPSA) is 72.6 Å². The van der Waals surface area contributed by atoms with Crippen molar-refractivity contribution in [3.05, 3.63) is 29.3 Å². The predicted molar refractivity (Wildman–Crippen MR) is 90.2 cm³/mol. The van der Waals surface area contributed by atoms with Gasteiger partial charge < -0.3 is 15.4 Å². The van der Waals surface area contributed by atoms with E-state index in [4.69, 9.17) is 10.5 Å². The molecular formula is C16H24N2O3S. The molecule has 0 aliphatic carbocycles. The van der Waals surface area contributed by atoms with E-state index in [1.807, 2.05) is 26.0 Å². The molecule has 0 heterocycles. The van der Waals surface area contributed by atoms with Gasteiger partial charge >= 0.3 is 0 Å². The summed E-state index contributed by atoms with van der Waals surface area (Å²) >= 11 is 1.38. The molecule has 6 heteroatoms. The fraction of sp³-hybridized carbons (Fsp3) is 0.500. The molecule has 2 N–H and O–H groups in total. The second-order valence-electron chi connectivity index (χ2n) is 5.26. The fourth-order valence-corrected chi connectivity index (χ4v) is 2.63. The van der Waals surface area contributed by atoms with Crippen LogP contribution in [0.5, 0.6) is 5.75 Å². The SMILES string of the molecule is Cc1cc(C)cc(OCCN(C)C(=O)CCSCC(N)=O)c1. The number of rotatable bonds is 9. The van der Waals surface area contributed by atoms with E-state index in [0.29, 0.717) is 25.3 Å². The van der Waals surface area contributed by atoms with Crippen molar-refractivity contribution in [2.45, 2.75) is 20.3 Å². The van der Waals surface area contributed by atoms with Crippen LogP contribution in [0.4, 0.5) is 0 Å². The summed E-state index contributed by atoms with van der Waals surface area (Å²) in [6.07, 6.45) is 0.401. The maximum Gasteiger partial charge on any atom is 0.227 e. The van der Waals surface area contributed by atoms with E-state index in [-0.39, 0.29) is 17.6 Å². The Balaban J connectivity index is 2.25. The molecule has 2 amide bonds. The molecule has 5 nitrogen and oxygen atoms in total. The van der Waals surface area contributed by atoms with Crippen LogP contribution < -0.4 is 10.5 Å². The van der Waals surface area contributed by atoms with Crippen LogP contribution in [0.15, 0.2) is 18.2 Å². The Bertz CT molecular complexity index is 500. The van der Waals surface area contributed by atoms with Crippen molar-refractivity contribution < 1.29 is 14.3 Å². The van der Waals surface area contributed by atoms with E-state index in [2.05, 4.69) is 6.07 Å². The van der Waals surface area contributed by atoms with E-state index in [1.165, 1.54) is 11.8 Å². The first-order chi connectivity index (χ1) is 10.4. The van der Waals surface area contributed by atoms with Crippen LogP contribution in [0.25, 0.3) is 0 Å². The molecule has 0 aliphatic rings. The lowest BCUT2D eigenvalue weighted by Crippen LogP contribution is -2.31. The number of hydrogen-bond donors (Lipinski definition) is 1. The van der Waals surface area contributed by atoms with Crippen LogP contribution in [-0.2, 0) is 9.59 Å². The summed E-state index contributed by atoms with van der Waals surface area (Å²) in [4.78, 5) is 24.1. The third kappa shape index (κ3) is 7.36. The first-order valence-corrected chi connectivity index (χ1v) is 8.35. The smallest absolute Gasteiger partial charge is 0.227 e. The molecule has 0 aromatic heterocycles. The van der Waals surface area contributed by atoms with E-state index in [1.54, 1.807) is 11.9 Å². The molecule has 22 heavy (non-hydrogen) atoms. The summed E-state index contributed by atoms with van der Waals surface area (Å²) in [6.45, 7) is 5.05. The highest BCUT2D eigenvalue weighted by atomic mass is 32.2. The summed E-state index contributed by atoms with van der Waals surface area (Å²) < 4.78 is 5.69. The van der Waals surface area contributed by atoms with Gasteiger partial charge in [-0.05, 0) is 37.1 Å². The van der Waals surface area contributed by atoms with E-state index >= 15 is 0 Å². The van der Waals surface area contributed by atoms with Crippen molar-refractivity contribution in [2.75, 3.05) is 31.7 Å². The number of thioether (sulfide) groups is 1. The molecule has 1 aromatic carbocycles. The zero-order valence-corrected chi connectivity index (χ0v) is 14.2. The Labute approximate surface area is 136 Å². The van der Waals surface area contributed by atoms with Crippen LogP contribution in [0.3, 0.4) is 0 Å². The van der Waals surface area contributed by atoms with Gasteiger partial charge in [-0.2, -0.15) is 11.8 Å². The summed E-state index contributed by atoms with van der Waals surface area (Å²) in [6, 6.07) is 6.05. The third-order valence-corrected chi connectivity index (χ3v) is 4.00. The lowest BCUT2D eigenvalue weighted by molar-refractivity contribution is -0.129. The van der Waals surface area contributed by atoms with Gasteiger partial charge in [0.2, 0.25) is 11.8 Å². The van der Waals surface area contributed by atoms with Gasteiger partial charge in [-0.3, -0.25) is 9.59 Å². The lowest BCUT2D eigenvalue weighted by atomic mass is 10.1. The van der Waals surface area contributed by atoms with Crippen molar-refractivity contribution >= 4 is 23.6 Å². The summed E-state index contributed by atoms with van der Waals surface area (Å²) in [5.74, 6) is 1.38. The van der Waals surface area contributed by atoms with Crippen molar-refractivity contribution in [3.63, 3.8) is 0 Å². The zero-order valence-electron chi connectivity index (χ0n) is 13.4. The van der Waals surface area contributed by atoms with E-state index < -0.39 is 0 Å². The number of primary amides is 1. The van der Waals surface area contributed by atoms with Gasteiger partial charge in [0.1, 0.15) is 12.4 Å². The number of ether oxygens (including phenoxy) is 1. The second kappa shape index (κ2) is 9.35. The maximum absolute atomic E-state index is 11.9. The highest BCUT2D eigenvalue weighted by Gasteiger charge is 2.09. The van der Waals surface area contributed by atoms with Gasteiger partial charge in [0.15, 0.2) is 0 Å². The zero-order chi connectivity index (χ0) is 16.5. The van der Waals surface area contributed by atoms with E-state index in [9.17, 15) is 9.59 Å². The minimum Gasteiger partial charge on any atom is -0.492 e. The van der Waals surface area contributed by atoms with Crippen LogP contribution in [0, 0.1) is 13.8 Å². The Hall–Kier alpha value is -1.69. The molecular weight excluding hydrogens is 300 g/mol. The molecule has 0 aliphatic heterocycles. The van der Waals surface area contributed by atoms with Crippen molar-refractivity contribution in [1.29, 1.82) is 0 Å². The molecule has 0 radical (unpaired) electrons. The molecule has 0 bridgehead atoms. The van der Waals surface area contributed by atoms with Crippen LogP contribution >= 0.6 is 11.8 Å². The quantitative estimate of drug-likeness (QED) is 0.702. The minimum absolute atomic E-state index is 0.0426. The molecule has 1 aromatic rings. The van der Waals surface area contributed by atoms with Crippen LogP contribution in [0.1, 0.15) is 17.5 Å². The molecule has 0 saturated carbocycles. The fourth-order valence-electron chi connectivity index (χ4n) is 1.96. The first-order valence-electron chi connectivity index (χ1n) is 7.19. The number of nitrogens with two attached hydrogens (primary N) is 1. The standard InChI is InChI=1S/C16H24N2O3S/c1-12-8-13(2)10-14(9-12)21-6-5-18(3)16(20)4-7-22-11-15(17)19/h8-10H,4-7,11H2,1-3H3,(H2,17,19). The van der Waals surface area contributed by atoms with Crippen LogP contribution in [-0.4, -0.2) is 48.4 Å². The molecule has 0 fully saturated rings. The Kier molecular flexibility index (Phi) is 7.80. The van der Waals surface area contributed by atoms with Gasteiger partial charge in [-0.15, -0.1) is 0 Å². The third-order valence-electron chi connectivity index (χ3n) is 3.02. The van der Waals surface area contributed by atoms with Gasteiger partial charge in [-0.25, -0.2) is 0 Å². The molecule has 122 valence electrons. The number of carbonyl (C=O) groups excluding carboxylic acids is 2. The Morgan fingerprint density at radius 3 is 2.45 bits per heavy atom. The van der Waals surface area contributed by atoms with E-state index in [0.717, 1.165) is 16.9 Å². The number of aryl methyl sites for hydroxylation is 2. The highest BCUT2D eigenvalue weighted by molar-refractivity contribution is 7.99. The summed E-state index contributed by atoms with van der Waals surface area (Å²) in [7, 11) is 1.76. The lowest BCUT2D eigenvalue weighted by Gasteiger charge is -2.17. The van der Waals surface area contributed by atoms with Gasteiger partial charge in [0.25, 0.3) is 0 Å². The molecule has 0 saturated heterocycles. The average Bonchev–Trinajstić information content (AvgIpc) is 2.42. The number of likely N-dealkylation sites (N-methyl/N-ethyl adjacent to an activating group) is 1. The molecule has 1 rings (SSSR count). The number of benzene rings is 1. The van der Waals surface area contributed by atoms with Gasteiger partial charge in [-0.1, -0.05) is 6.07 Å². The maximum atomic E-state index is 11.9. The average molecular weight is 324 g/mol. The molecule has 0 spiro atoms. The largest absolute Gasteiger partial charge is 0.492 e. The number of hydrogen-bond acceptors (Lipinski definition) is 4. The van der Waals surface area contributed by atoms with Crippen molar-refractivity contribution in [1.82, 2.24) is 4.90 Å². The molecule has 0 unspecified atom stereocenters. The number of nitrogens with zero attached hydrogens (tertiary/aromatic N) is 1. The second-order valence-corrected chi connectivity index (χ2v) is 6.36. The number of carbonyl (C=O) groups is 2. The van der Waals surface area contributed by atoms with Crippen molar-refractivity contribution in [2.24, 2.45) is 5.73 Å². The van der Waals surface area contributed by atoms with Gasteiger partial charge in [0.05, 0.1) is 12.3 Å².